The number of hydrogen-bond acceptors (Lipinski definition) is 3. The Bertz CT molecular complexity index is 787. The van der Waals surface area contributed by atoms with Crippen LogP contribution in [-0.2, 0) is 11.3 Å². The summed E-state index contributed by atoms with van der Waals surface area (Å²) in [4.78, 5) is 4.56. The van der Waals surface area contributed by atoms with Gasteiger partial charge >= 0.3 is 0 Å². The van der Waals surface area contributed by atoms with Crippen LogP contribution in [0.2, 0.25) is 0 Å². The minimum absolute atomic E-state index is 0.488. The zero-order chi connectivity index (χ0) is 16.9. The molecule has 0 amide bonds. The molecule has 0 aliphatic heterocycles. The second-order valence-corrected chi connectivity index (χ2v) is 6.54. The van der Waals surface area contributed by atoms with Gasteiger partial charge in [-0.1, -0.05) is 31.0 Å². The van der Waals surface area contributed by atoms with Crippen molar-refractivity contribution in [3.05, 3.63) is 55.0 Å². The molecule has 0 bridgehead atoms. The molecule has 0 atom stereocenters. The van der Waals surface area contributed by atoms with Crippen LogP contribution in [0.15, 0.2) is 55.0 Å². The number of benzene rings is 1. The Labute approximate surface area is 148 Å². The first-order valence-corrected chi connectivity index (χ1v) is 9.14. The van der Waals surface area contributed by atoms with E-state index in [4.69, 9.17) is 4.74 Å². The number of nitrogens with zero attached hydrogens (tertiary/aromatic N) is 4. The first kappa shape index (κ1) is 16.1. The lowest BCUT2D eigenvalue weighted by molar-refractivity contribution is 0.0549. The van der Waals surface area contributed by atoms with Gasteiger partial charge in [0.2, 0.25) is 0 Å². The van der Waals surface area contributed by atoms with Crippen molar-refractivity contribution in [2.75, 3.05) is 6.61 Å². The standard InChI is InChI=1S/C20H24N4O/c1-2-7-17(8-3-1)24-19(11-12-22-24)20-21-13-15-23(20)14-6-16-25-18-9-4-5-10-18/h1-3,7-8,11-13,15,18H,4-6,9-10,14,16H2. The fourth-order valence-electron chi connectivity index (χ4n) is 3.51. The van der Waals surface area contributed by atoms with Crippen molar-refractivity contribution in [2.24, 2.45) is 0 Å². The maximum Gasteiger partial charge on any atom is 0.158 e. The van der Waals surface area contributed by atoms with E-state index >= 15 is 0 Å². The van der Waals surface area contributed by atoms with Gasteiger partial charge in [0.25, 0.3) is 0 Å². The van der Waals surface area contributed by atoms with E-state index in [9.17, 15) is 0 Å². The first-order chi connectivity index (χ1) is 12.4. The summed E-state index contributed by atoms with van der Waals surface area (Å²) >= 11 is 0. The van der Waals surface area contributed by atoms with Crippen molar-refractivity contribution >= 4 is 0 Å². The van der Waals surface area contributed by atoms with E-state index in [0.29, 0.717) is 6.10 Å². The van der Waals surface area contributed by atoms with Crippen molar-refractivity contribution in [1.29, 1.82) is 0 Å². The van der Waals surface area contributed by atoms with Crippen LogP contribution in [0.5, 0.6) is 0 Å². The van der Waals surface area contributed by atoms with Crippen LogP contribution in [0, 0.1) is 0 Å². The molecule has 3 aromatic rings. The summed E-state index contributed by atoms with van der Waals surface area (Å²) in [5.41, 5.74) is 2.05. The third kappa shape index (κ3) is 3.66. The fourth-order valence-corrected chi connectivity index (χ4v) is 3.51. The summed E-state index contributed by atoms with van der Waals surface area (Å²) in [5, 5.41) is 4.47. The number of aromatic nitrogens is 4. The van der Waals surface area contributed by atoms with E-state index in [2.05, 4.69) is 26.8 Å². The lowest BCUT2D eigenvalue weighted by Crippen LogP contribution is -2.11. The highest BCUT2D eigenvalue weighted by Gasteiger charge is 2.15. The molecular formula is C20H24N4O. The number of rotatable bonds is 7. The average Bonchev–Trinajstić information content (AvgIpc) is 3.40. The highest BCUT2D eigenvalue weighted by Crippen LogP contribution is 2.22. The topological polar surface area (TPSA) is 44.9 Å². The predicted molar refractivity (Wildman–Crippen MR) is 97.6 cm³/mol. The number of imidazole rings is 1. The Morgan fingerprint density at radius 1 is 1.04 bits per heavy atom. The number of aryl methyl sites for hydroxylation is 1. The third-order valence-electron chi connectivity index (χ3n) is 4.79. The van der Waals surface area contributed by atoms with Gasteiger partial charge in [0, 0.05) is 25.5 Å². The zero-order valence-electron chi connectivity index (χ0n) is 14.4. The molecule has 1 aliphatic rings. The lowest BCUT2D eigenvalue weighted by Gasteiger charge is -2.13. The average molecular weight is 336 g/mol. The van der Waals surface area contributed by atoms with Crippen LogP contribution in [0.4, 0.5) is 0 Å². The quantitative estimate of drug-likeness (QED) is 0.611. The molecular weight excluding hydrogens is 312 g/mol. The normalized spacial score (nSPS) is 15.0. The molecule has 2 aromatic heterocycles. The predicted octanol–water partition coefficient (Wildman–Crippen LogP) is 4.09. The highest BCUT2D eigenvalue weighted by molar-refractivity contribution is 5.54. The van der Waals surface area contributed by atoms with Gasteiger partial charge < -0.3 is 9.30 Å². The summed E-state index contributed by atoms with van der Waals surface area (Å²) in [6.07, 6.45) is 12.3. The smallest absolute Gasteiger partial charge is 0.158 e. The number of hydrogen-bond donors (Lipinski definition) is 0. The van der Waals surface area contributed by atoms with Crippen LogP contribution in [0.1, 0.15) is 32.1 Å². The molecule has 0 saturated heterocycles. The maximum atomic E-state index is 5.97. The Hall–Kier alpha value is -2.40. The van der Waals surface area contributed by atoms with Gasteiger partial charge in [0.1, 0.15) is 5.69 Å². The van der Waals surface area contributed by atoms with Crippen molar-refractivity contribution in [1.82, 2.24) is 19.3 Å². The van der Waals surface area contributed by atoms with Crippen LogP contribution >= 0.6 is 0 Å². The van der Waals surface area contributed by atoms with Gasteiger partial charge in [-0.15, -0.1) is 0 Å². The van der Waals surface area contributed by atoms with Crippen molar-refractivity contribution in [3.8, 4) is 17.2 Å². The second kappa shape index (κ2) is 7.66. The SMILES string of the molecule is c1ccc(-n2nccc2-c2nccn2CCCOC2CCCC2)cc1. The van der Waals surface area contributed by atoms with Gasteiger partial charge in [-0.05, 0) is 37.5 Å². The monoisotopic (exact) mass is 336 g/mol. The Balaban J connectivity index is 1.44. The minimum atomic E-state index is 0.488. The zero-order valence-corrected chi connectivity index (χ0v) is 14.4. The molecule has 0 N–H and O–H groups in total. The van der Waals surface area contributed by atoms with Crippen LogP contribution in [0.25, 0.3) is 17.2 Å². The molecule has 25 heavy (non-hydrogen) atoms. The van der Waals surface area contributed by atoms with E-state index < -0.39 is 0 Å². The molecule has 4 rings (SSSR count). The largest absolute Gasteiger partial charge is 0.378 e. The summed E-state index contributed by atoms with van der Waals surface area (Å²) in [6.45, 7) is 1.72. The van der Waals surface area contributed by atoms with Gasteiger partial charge in [-0.3, -0.25) is 0 Å². The molecule has 130 valence electrons. The summed E-state index contributed by atoms with van der Waals surface area (Å²) in [6, 6.07) is 12.2. The summed E-state index contributed by atoms with van der Waals surface area (Å²) in [5.74, 6) is 0.946. The summed E-state index contributed by atoms with van der Waals surface area (Å²) in [7, 11) is 0. The molecule has 0 radical (unpaired) electrons. The van der Waals surface area contributed by atoms with Crippen molar-refractivity contribution in [3.63, 3.8) is 0 Å². The molecule has 0 unspecified atom stereocenters. The number of ether oxygens (including phenoxy) is 1. The lowest BCUT2D eigenvalue weighted by atomic mass is 10.3. The van der Waals surface area contributed by atoms with E-state index in [-0.39, 0.29) is 0 Å². The molecule has 1 aromatic carbocycles. The van der Waals surface area contributed by atoms with Crippen LogP contribution in [0.3, 0.4) is 0 Å². The fraction of sp³-hybridized carbons (Fsp3) is 0.400. The molecule has 5 nitrogen and oxygen atoms in total. The maximum absolute atomic E-state index is 5.97. The Kier molecular flexibility index (Phi) is 4.93. The van der Waals surface area contributed by atoms with Gasteiger partial charge in [-0.25, -0.2) is 9.67 Å². The first-order valence-electron chi connectivity index (χ1n) is 9.14. The van der Waals surface area contributed by atoms with Gasteiger partial charge in [-0.2, -0.15) is 5.10 Å². The van der Waals surface area contributed by atoms with Gasteiger partial charge in [0.15, 0.2) is 5.82 Å². The van der Waals surface area contributed by atoms with E-state index in [1.165, 1.54) is 25.7 Å². The molecule has 1 aliphatic carbocycles. The second-order valence-electron chi connectivity index (χ2n) is 6.54. The Morgan fingerprint density at radius 3 is 2.72 bits per heavy atom. The van der Waals surface area contributed by atoms with E-state index in [1.54, 1.807) is 0 Å². The van der Waals surface area contributed by atoms with Gasteiger partial charge in [0.05, 0.1) is 18.0 Å². The highest BCUT2D eigenvalue weighted by atomic mass is 16.5. The summed E-state index contributed by atoms with van der Waals surface area (Å²) < 4.78 is 10.1. The molecule has 1 fully saturated rings. The van der Waals surface area contributed by atoms with Crippen LogP contribution < -0.4 is 0 Å². The third-order valence-corrected chi connectivity index (χ3v) is 4.79. The Morgan fingerprint density at radius 2 is 1.88 bits per heavy atom. The molecule has 5 heteroatoms. The molecule has 0 spiro atoms. The minimum Gasteiger partial charge on any atom is -0.378 e. The number of para-hydroxylation sites is 1. The van der Waals surface area contributed by atoms with E-state index in [0.717, 1.165) is 36.8 Å². The van der Waals surface area contributed by atoms with Crippen molar-refractivity contribution < 1.29 is 4.74 Å². The van der Waals surface area contributed by atoms with E-state index in [1.807, 2.05) is 47.5 Å². The van der Waals surface area contributed by atoms with Crippen molar-refractivity contribution in [2.45, 2.75) is 44.8 Å². The molecule has 2 heterocycles. The van der Waals surface area contributed by atoms with Crippen LogP contribution in [-0.4, -0.2) is 32.0 Å². The molecule has 1 saturated carbocycles.